The monoisotopic (exact) mass is 214 g/mol. The van der Waals surface area contributed by atoms with Gasteiger partial charge in [-0.05, 0) is 56.3 Å². The van der Waals surface area contributed by atoms with Crippen LogP contribution in [-0.4, -0.2) is 11.0 Å². The van der Waals surface area contributed by atoms with Crippen molar-refractivity contribution in [2.45, 2.75) is 44.1 Å². The predicted octanol–water partition coefficient (Wildman–Crippen LogP) is 3.33. The molecule has 14 heavy (non-hydrogen) atoms. The van der Waals surface area contributed by atoms with E-state index < -0.39 is 5.43 Å². The minimum absolute atomic E-state index is 0.159. The fourth-order valence-corrected chi connectivity index (χ4v) is 4.49. The molecule has 4 saturated carbocycles. The molecule has 0 atom stereocenters. The highest BCUT2D eigenvalue weighted by atomic mass is 35.5. The highest BCUT2D eigenvalue weighted by Gasteiger charge is 2.53. The van der Waals surface area contributed by atoms with E-state index in [1.54, 1.807) is 0 Å². The molecule has 4 aliphatic carbocycles. The third-order valence-corrected chi connectivity index (χ3v) is 4.36. The minimum Gasteiger partial charge on any atom is -0.447 e. The average molecular weight is 215 g/mol. The van der Waals surface area contributed by atoms with E-state index in [4.69, 9.17) is 16.3 Å². The van der Waals surface area contributed by atoms with Crippen LogP contribution < -0.4 is 0 Å². The van der Waals surface area contributed by atoms with Gasteiger partial charge in [-0.25, -0.2) is 4.79 Å². The first-order valence-corrected chi connectivity index (χ1v) is 5.91. The van der Waals surface area contributed by atoms with E-state index in [0.29, 0.717) is 0 Å². The molecule has 4 rings (SSSR count). The number of carbonyl (C=O) groups excluding carboxylic acids is 1. The number of hydrogen-bond acceptors (Lipinski definition) is 2. The van der Waals surface area contributed by atoms with Crippen LogP contribution in [0.1, 0.15) is 38.5 Å². The Labute approximate surface area is 88.9 Å². The first-order chi connectivity index (χ1) is 6.65. The van der Waals surface area contributed by atoms with E-state index in [2.05, 4.69) is 0 Å². The number of rotatable bonds is 1. The van der Waals surface area contributed by atoms with Crippen molar-refractivity contribution >= 4 is 17.0 Å². The Morgan fingerprint density at radius 3 is 1.86 bits per heavy atom. The van der Waals surface area contributed by atoms with Gasteiger partial charge in [-0.15, -0.1) is 0 Å². The van der Waals surface area contributed by atoms with Crippen LogP contribution in [-0.2, 0) is 4.74 Å². The molecule has 0 aliphatic heterocycles. The summed E-state index contributed by atoms with van der Waals surface area (Å²) in [5.41, 5.74) is -0.764. The summed E-state index contributed by atoms with van der Waals surface area (Å²) in [5.74, 6) is 2.41. The lowest BCUT2D eigenvalue weighted by molar-refractivity contribution is -0.121. The summed E-state index contributed by atoms with van der Waals surface area (Å²) in [5, 5.41) is 0. The summed E-state index contributed by atoms with van der Waals surface area (Å²) >= 11 is 5.35. The normalized spacial score (nSPS) is 49.4. The molecule has 0 saturated heterocycles. The Balaban J connectivity index is 1.83. The maximum Gasteiger partial charge on any atom is 0.404 e. The van der Waals surface area contributed by atoms with Crippen molar-refractivity contribution in [3.63, 3.8) is 0 Å². The van der Waals surface area contributed by atoms with Crippen LogP contribution in [0.5, 0.6) is 0 Å². The highest BCUT2D eigenvalue weighted by Crippen LogP contribution is 2.57. The van der Waals surface area contributed by atoms with Crippen molar-refractivity contribution in [1.82, 2.24) is 0 Å². The Kier molecular flexibility index (Phi) is 1.85. The van der Waals surface area contributed by atoms with Crippen molar-refractivity contribution in [2.24, 2.45) is 17.8 Å². The van der Waals surface area contributed by atoms with Gasteiger partial charge in [0, 0.05) is 11.6 Å². The maximum absolute atomic E-state index is 10.9. The zero-order chi connectivity index (χ0) is 9.76. The third-order valence-electron chi connectivity index (χ3n) is 4.28. The molecule has 0 radical (unpaired) electrons. The SMILES string of the molecule is O=C(Cl)OC12CC3CC(CC(C3)C1)C2. The van der Waals surface area contributed by atoms with Crippen LogP contribution in [0.3, 0.4) is 0 Å². The molecule has 4 bridgehead atoms. The van der Waals surface area contributed by atoms with Gasteiger partial charge in [0.25, 0.3) is 0 Å². The van der Waals surface area contributed by atoms with Gasteiger partial charge in [-0.1, -0.05) is 0 Å². The van der Waals surface area contributed by atoms with E-state index >= 15 is 0 Å². The van der Waals surface area contributed by atoms with Crippen LogP contribution in [0.2, 0.25) is 0 Å². The van der Waals surface area contributed by atoms with Crippen LogP contribution in [0.15, 0.2) is 0 Å². The van der Waals surface area contributed by atoms with Gasteiger partial charge in [0.2, 0.25) is 0 Å². The van der Waals surface area contributed by atoms with Crippen LogP contribution in [0.4, 0.5) is 4.79 Å². The standard InChI is InChI=1S/C11H15ClO2/c12-10(13)14-11-4-7-1-8(5-11)3-9(2-7)6-11/h7-9H,1-6H2. The molecule has 0 aromatic carbocycles. The van der Waals surface area contributed by atoms with Crippen molar-refractivity contribution in [2.75, 3.05) is 0 Å². The van der Waals surface area contributed by atoms with E-state index in [0.717, 1.165) is 37.0 Å². The van der Waals surface area contributed by atoms with Crippen molar-refractivity contribution < 1.29 is 9.53 Å². The summed E-state index contributed by atoms with van der Waals surface area (Å²) in [7, 11) is 0. The smallest absolute Gasteiger partial charge is 0.404 e. The fourth-order valence-electron chi connectivity index (χ4n) is 4.33. The summed E-state index contributed by atoms with van der Waals surface area (Å²) in [6, 6.07) is 0. The Morgan fingerprint density at radius 2 is 1.50 bits per heavy atom. The first kappa shape index (κ1) is 9.02. The van der Waals surface area contributed by atoms with Gasteiger partial charge in [-0.2, -0.15) is 0 Å². The van der Waals surface area contributed by atoms with E-state index in [1.807, 2.05) is 0 Å². The topological polar surface area (TPSA) is 26.3 Å². The van der Waals surface area contributed by atoms with Gasteiger partial charge in [0.1, 0.15) is 5.60 Å². The van der Waals surface area contributed by atoms with Gasteiger partial charge in [0.15, 0.2) is 0 Å². The molecular formula is C11H15ClO2. The zero-order valence-electron chi connectivity index (χ0n) is 8.17. The van der Waals surface area contributed by atoms with Gasteiger partial charge < -0.3 is 4.74 Å². The molecule has 0 aromatic heterocycles. The van der Waals surface area contributed by atoms with Crippen molar-refractivity contribution in [3.8, 4) is 0 Å². The number of halogens is 1. The summed E-state index contributed by atoms with van der Waals surface area (Å²) in [6.45, 7) is 0. The molecule has 0 N–H and O–H groups in total. The van der Waals surface area contributed by atoms with Crippen molar-refractivity contribution in [3.05, 3.63) is 0 Å². The zero-order valence-corrected chi connectivity index (χ0v) is 8.93. The fraction of sp³-hybridized carbons (Fsp3) is 0.909. The summed E-state index contributed by atoms with van der Waals surface area (Å²) < 4.78 is 5.38. The van der Waals surface area contributed by atoms with Gasteiger partial charge in [0.05, 0.1) is 0 Å². The summed E-state index contributed by atoms with van der Waals surface area (Å²) in [6.07, 6.45) is 7.28. The molecule has 2 nitrogen and oxygen atoms in total. The third kappa shape index (κ3) is 1.35. The van der Waals surface area contributed by atoms with Crippen molar-refractivity contribution in [1.29, 1.82) is 0 Å². The second-order valence-corrected chi connectivity index (χ2v) is 5.75. The molecule has 0 heterocycles. The Morgan fingerprint density at radius 1 is 1.07 bits per heavy atom. The lowest BCUT2D eigenvalue weighted by Gasteiger charge is -2.55. The minimum atomic E-state index is -0.605. The Hall–Kier alpha value is -0.240. The molecule has 0 aromatic rings. The van der Waals surface area contributed by atoms with E-state index in [1.165, 1.54) is 19.3 Å². The van der Waals surface area contributed by atoms with Gasteiger partial charge in [-0.3, -0.25) is 0 Å². The molecule has 4 fully saturated rings. The van der Waals surface area contributed by atoms with Crippen LogP contribution in [0.25, 0.3) is 0 Å². The second kappa shape index (κ2) is 2.88. The number of carbonyl (C=O) groups is 1. The van der Waals surface area contributed by atoms with E-state index in [9.17, 15) is 4.79 Å². The lowest BCUT2D eigenvalue weighted by atomic mass is 9.54. The molecule has 0 spiro atoms. The van der Waals surface area contributed by atoms with E-state index in [-0.39, 0.29) is 5.60 Å². The number of hydrogen-bond donors (Lipinski definition) is 0. The maximum atomic E-state index is 10.9. The van der Waals surface area contributed by atoms with Crippen LogP contribution in [0, 0.1) is 17.8 Å². The van der Waals surface area contributed by atoms with Gasteiger partial charge >= 0.3 is 5.43 Å². The first-order valence-electron chi connectivity index (χ1n) is 5.54. The summed E-state index contributed by atoms with van der Waals surface area (Å²) in [4.78, 5) is 10.9. The molecule has 4 aliphatic rings. The average Bonchev–Trinajstić information content (AvgIpc) is 1.96. The lowest BCUT2D eigenvalue weighted by Crippen LogP contribution is -2.52. The molecule has 3 heteroatoms. The molecule has 0 unspecified atom stereocenters. The molecular weight excluding hydrogens is 200 g/mol. The largest absolute Gasteiger partial charge is 0.447 e. The highest BCUT2D eigenvalue weighted by molar-refractivity contribution is 6.61. The number of ether oxygens (including phenoxy) is 1. The van der Waals surface area contributed by atoms with Crippen LogP contribution >= 0.6 is 11.6 Å². The molecule has 0 amide bonds. The predicted molar refractivity (Wildman–Crippen MR) is 53.2 cm³/mol. The second-order valence-electron chi connectivity index (χ2n) is 5.44. The quantitative estimate of drug-likeness (QED) is 0.626. The Bertz CT molecular complexity index is 239. The molecule has 78 valence electrons.